The van der Waals surface area contributed by atoms with Crippen LogP contribution in [0.2, 0.25) is 0 Å². The molecule has 0 aliphatic heterocycles. The van der Waals surface area contributed by atoms with E-state index in [1.165, 1.54) is 11.6 Å². The fourth-order valence-corrected chi connectivity index (χ4v) is 3.36. The van der Waals surface area contributed by atoms with Crippen molar-refractivity contribution in [1.82, 2.24) is 10.3 Å². The van der Waals surface area contributed by atoms with Crippen molar-refractivity contribution in [3.63, 3.8) is 0 Å². The van der Waals surface area contributed by atoms with Gasteiger partial charge in [-0.2, -0.15) is 0 Å². The number of aryl methyl sites for hydroxylation is 1. The van der Waals surface area contributed by atoms with Gasteiger partial charge in [0.1, 0.15) is 5.82 Å². The molecule has 4 heteroatoms. The highest BCUT2D eigenvalue weighted by Gasteiger charge is 2.19. The van der Waals surface area contributed by atoms with Crippen LogP contribution in [0.3, 0.4) is 0 Å². The largest absolute Gasteiger partial charge is 0.364 e. The van der Waals surface area contributed by atoms with Gasteiger partial charge in [0.2, 0.25) is 0 Å². The smallest absolute Gasteiger partial charge is 0.251 e. The number of rotatable bonds is 7. The molecule has 0 spiro atoms. The zero-order chi connectivity index (χ0) is 20.9. The molecule has 1 heterocycles. The van der Waals surface area contributed by atoms with Crippen molar-refractivity contribution in [2.45, 2.75) is 45.4 Å². The van der Waals surface area contributed by atoms with Gasteiger partial charge in [0.05, 0.1) is 0 Å². The van der Waals surface area contributed by atoms with Crippen molar-refractivity contribution >= 4 is 5.91 Å². The van der Waals surface area contributed by atoms with Crippen molar-refractivity contribution in [3.8, 4) is 0 Å². The quantitative estimate of drug-likeness (QED) is 0.519. The summed E-state index contributed by atoms with van der Waals surface area (Å²) in [6.45, 7) is 6.93. The van der Waals surface area contributed by atoms with Crippen LogP contribution in [0.5, 0.6) is 0 Å². The van der Waals surface area contributed by atoms with Gasteiger partial charge in [-0.25, -0.2) is 4.39 Å². The van der Waals surface area contributed by atoms with Gasteiger partial charge < -0.3 is 10.3 Å². The molecule has 2 N–H and O–H groups in total. The first-order valence-corrected chi connectivity index (χ1v) is 10.1. The van der Waals surface area contributed by atoms with E-state index >= 15 is 0 Å². The van der Waals surface area contributed by atoms with Crippen LogP contribution >= 0.6 is 0 Å². The normalized spacial score (nSPS) is 11.4. The first kappa shape index (κ1) is 20.8. The Hall–Kier alpha value is -2.88. The lowest BCUT2D eigenvalue weighted by Crippen LogP contribution is -2.26. The second-order valence-electron chi connectivity index (χ2n) is 8.46. The SMILES string of the molecule is CC(C)(C)c1cc(Cc2c(F)cccc2C(=O)NCCCc2ccccc2)c[nH]1. The zero-order valence-electron chi connectivity index (χ0n) is 17.4. The number of H-pyrrole nitrogens is 1. The first-order chi connectivity index (χ1) is 13.8. The second-order valence-corrected chi connectivity index (χ2v) is 8.46. The van der Waals surface area contributed by atoms with E-state index < -0.39 is 0 Å². The Labute approximate surface area is 172 Å². The molecule has 29 heavy (non-hydrogen) atoms. The second kappa shape index (κ2) is 9.08. The molecule has 0 saturated heterocycles. The standard InChI is InChI=1S/C25H29FN2O/c1-25(2,3)23-16-19(17-28-23)15-21-20(12-7-13-22(21)26)24(29)27-14-8-11-18-9-5-4-6-10-18/h4-7,9-10,12-13,16-17,28H,8,11,14-15H2,1-3H3,(H,27,29). The van der Waals surface area contributed by atoms with E-state index in [2.05, 4.69) is 43.2 Å². The molecule has 1 amide bonds. The average Bonchev–Trinajstić information content (AvgIpc) is 3.17. The number of hydrogen-bond acceptors (Lipinski definition) is 1. The van der Waals surface area contributed by atoms with Crippen LogP contribution in [0, 0.1) is 5.82 Å². The van der Waals surface area contributed by atoms with Gasteiger partial charge in [0, 0.05) is 41.4 Å². The van der Waals surface area contributed by atoms with Crippen molar-refractivity contribution in [2.75, 3.05) is 6.54 Å². The molecule has 3 nitrogen and oxygen atoms in total. The monoisotopic (exact) mass is 392 g/mol. The van der Waals surface area contributed by atoms with Gasteiger partial charge in [-0.1, -0.05) is 57.2 Å². The topological polar surface area (TPSA) is 44.9 Å². The highest BCUT2D eigenvalue weighted by Crippen LogP contribution is 2.24. The van der Waals surface area contributed by atoms with Crippen molar-refractivity contribution < 1.29 is 9.18 Å². The van der Waals surface area contributed by atoms with Gasteiger partial charge in [-0.05, 0) is 42.2 Å². The van der Waals surface area contributed by atoms with Gasteiger partial charge in [0.25, 0.3) is 5.91 Å². The number of benzene rings is 2. The van der Waals surface area contributed by atoms with E-state index in [9.17, 15) is 9.18 Å². The number of halogens is 1. The molecule has 0 saturated carbocycles. The third-order valence-corrected chi connectivity index (χ3v) is 5.07. The average molecular weight is 393 g/mol. The van der Waals surface area contributed by atoms with Crippen molar-refractivity contribution in [3.05, 3.63) is 94.6 Å². The molecule has 3 rings (SSSR count). The lowest BCUT2D eigenvalue weighted by Gasteiger charge is -2.15. The molecule has 0 fully saturated rings. The maximum absolute atomic E-state index is 14.6. The number of amides is 1. The fraction of sp³-hybridized carbons (Fsp3) is 0.320. The fourth-order valence-electron chi connectivity index (χ4n) is 3.36. The van der Waals surface area contributed by atoms with Crippen LogP contribution in [-0.2, 0) is 18.3 Å². The van der Waals surface area contributed by atoms with E-state index in [1.807, 2.05) is 30.5 Å². The van der Waals surface area contributed by atoms with E-state index in [0.29, 0.717) is 24.1 Å². The minimum atomic E-state index is -0.347. The molecule has 0 radical (unpaired) electrons. The number of aromatic nitrogens is 1. The number of hydrogen-bond donors (Lipinski definition) is 2. The molecule has 0 atom stereocenters. The summed E-state index contributed by atoms with van der Waals surface area (Å²) in [5.41, 5.74) is 4.15. The van der Waals surface area contributed by atoms with Crippen molar-refractivity contribution in [2.24, 2.45) is 0 Å². The van der Waals surface area contributed by atoms with E-state index in [1.54, 1.807) is 12.1 Å². The molecule has 3 aromatic rings. The van der Waals surface area contributed by atoms with E-state index in [0.717, 1.165) is 24.1 Å². The Kier molecular flexibility index (Phi) is 6.53. The highest BCUT2D eigenvalue weighted by atomic mass is 19.1. The number of carbonyl (C=O) groups excluding carboxylic acids is 1. The summed E-state index contributed by atoms with van der Waals surface area (Å²) in [4.78, 5) is 16.0. The Morgan fingerprint density at radius 2 is 1.79 bits per heavy atom. The lowest BCUT2D eigenvalue weighted by molar-refractivity contribution is 0.0952. The molecule has 2 aromatic carbocycles. The molecule has 1 aromatic heterocycles. The van der Waals surface area contributed by atoms with Crippen LogP contribution in [0.15, 0.2) is 60.8 Å². The number of nitrogens with one attached hydrogen (secondary N) is 2. The Balaban J connectivity index is 1.65. The van der Waals surface area contributed by atoms with Crippen molar-refractivity contribution in [1.29, 1.82) is 0 Å². The maximum atomic E-state index is 14.6. The zero-order valence-corrected chi connectivity index (χ0v) is 17.4. The van der Waals surface area contributed by atoms with Crippen LogP contribution < -0.4 is 5.32 Å². The third kappa shape index (κ3) is 5.57. The summed E-state index contributed by atoms with van der Waals surface area (Å²) >= 11 is 0. The molecule has 152 valence electrons. The van der Waals surface area contributed by atoms with Crippen LogP contribution in [0.25, 0.3) is 0 Å². The summed E-state index contributed by atoms with van der Waals surface area (Å²) in [7, 11) is 0. The predicted molar refractivity (Wildman–Crippen MR) is 116 cm³/mol. The summed E-state index contributed by atoms with van der Waals surface area (Å²) in [5.74, 6) is -0.570. The van der Waals surface area contributed by atoms with Gasteiger partial charge in [-0.3, -0.25) is 4.79 Å². The van der Waals surface area contributed by atoms with Crippen LogP contribution in [0.4, 0.5) is 4.39 Å². The molecule has 0 bridgehead atoms. The maximum Gasteiger partial charge on any atom is 0.251 e. The van der Waals surface area contributed by atoms with Gasteiger partial charge >= 0.3 is 0 Å². The minimum Gasteiger partial charge on any atom is -0.364 e. The van der Waals surface area contributed by atoms with Crippen LogP contribution in [-0.4, -0.2) is 17.4 Å². The Morgan fingerprint density at radius 1 is 1.03 bits per heavy atom. The Morgan fingerprint density at radius 3 is 2.48 bits per heavy atom. The lowest BCUT2D eigenvalue weighted by atomic mass is 9.91. The van der Waals surface area contributed by atoms with Gasteiger partial charge in [-0.15, -0.1) is 0 Å². The summed E-state index contributed by atoms with van der Waals surface area (Å²) < 4.78 is 14.6. The van der Waals surface area contributed by atoms with Gasteiger partial charge in [0.15, 0.2) is 0 Å². The summed E-state index contributed by atoms with van der Waals surface area (Å²) in [6.07, 6.45) is 4.02. The predicted octanol–water partition coefficient (Wildman–Crippen LogP) is 5.40. The summed E-state index contributed by atoms with van der Waals surface area (Å²) in [5, 5.41) is 2.94. The number of carbonyl (C=O) groups is 1. The summed E-state index contributed by atoms with van der Waals surface area (Å²) in [6, 6.07) is 16.9. The molecule has 0 unspecified atom stereocenters. The number of aromatic amines is 1. The van der Waals surface area contributed by atoms with E-state index in [-0.39, 0.29) is 17.1 Å². The molecular weight excluding hydrogens is 363 g/mol. The van der Waals surface area contributed by atoms with E-state index in [4.69, 9.17) is 0 Å². The van der Waals surface area contributed by atoms with Crippen LogP contribution in [0.1, 0.15) is 59.9 Å². The molecular formula is C25H29FN2O. The highest BCUT2D eigenvalue weighted by molar-refractivity contribution is 5.95. The Bertz CT molecular complexity index is 954. The minimum absolute atomic E-state index is 0.00750. The molecule has 0 aliphatic carbocycles. The molecule has 0 aliphatic rings. The first-order valence-electron chi connectivity index (χ1n) is 10.1. The third-order valence-electron chi connectivity index (χ3n) is 5.07.